The summed E-state index contributed by atoms with van der Waals surface area (Å²) >= 11 is 0. The molecule has 0 amide bonds. The number of hydrogen-bond acceptors (Lipinski definition) is 8. The average molecular weight is 704 g/mol. The van der Waals surface area contributed by atoms with Gasteiger partial charge in [0.2, 0.25) is 5.89 Å². The van der Waals surface area contributed by atoms with Crippen molar-refractivity contribution in [3.05, 3.63) is 77.5 Å². The molecule has 290 valence electrons. The summed E-state index contributed by atoms with van der Waals surface area (Å²) in [5, 5.41) is 23.5. The lowest BCUT2D eigenvalue weighted by molar-refractivity contribution is 0.385. The maximum Gasteiger partial charge on any atom is 0.223 e. The Morgan fingerprint density at radius 3 is 1.36 bits per heavy atom. The Kier molecular flexibility index (Phi) is 30.7. The number of aryl methyl sites for hydroxylation is 5. The smallest absolute Gasteiger partial charge is 0.223 e. The summed E-state index contributed by atoms with van der Waals surface area (Å²) in [5.41, 5.74) is 3.88. The first kappa shape index (κ1) is 55.3. The van der Waals surface area contributed by atoms with Gasteiger partial charge in [0, 0.05) is 64.7 Å². The predicted octanol–water partition coefficient (Wildman–Crippen LogP) is 10.3. The van der Waals surface area contributed by atoms with Gasteiger partial charge < -0.3 is 9.09 Å². The second kappa shape index (κ2) is 27.7. The molecule has 0 saturated heterocycles. The molecule has 50 heavy (non-hydrogen) atoms. The second-order valence-corrected chi connectivity index (χ2v) is 12.6. The highest BCUT2D eigenvalue weighted by Gasteiger charge is 2.05. The van der Waals surface area contributed by atoms with Gasteiger partial charge in [-0.3, -0.25) is 9.36 Å². The standard InChI is InChI=1S/C8H13N.2C7H12N2.C6H10N2O.C5H10N4.5CH4/c1-7(2)8-4-5-9(3)6-8;1-6(2)7-4-8-9(3)5-7;1-6(2)7-4-5-9(3)8-7;1-4(2)6-7-5(3)9-8-6;1-4(2)5-6-8-9(3)7-5;;;;;/h4-7H,1-3H3;2*4-6H,1-3H3;2*4H,1-3H3;5*1H4. The number of tetrazole rings is 1. The third-order valence-corrected chi connectivity index (χ3v) is 6.34. The molecule has 0 aliphatic heterocycles. The fraction of sp³-hybridized carbons (Fsp3) is 0.658. The van der Waals surface area contributed by atoms with Crippen LogP contribution in [0.4, 0.5) is 0 Å². The van der Waals surface area contributed by atoms with Crippen molar-refractivity contribution in [3.8, 4) is 0 Å². The van der Waals surface area contributed by atoms with E-state index in [1.165, 1.54) is 15.9 Å². The van der Waals surface area contributed by atoms with Crippen LogP contribution in [-0.2, 0) is 28.2 Å². The lowest BCUT2D eigenvalue weighted by Crippen LogP contribution is -1.94. The number of nitrogens with zero attached hydrogens (tertiary/aromatic N) is 11. The Morgan fingerprint density at radius 2 is 1.16 bits per heavy atom. The van der Waals surface area contributed by atoms with E-state index in [2.05, 4.69) is 100 Å². The van der Waals surface area contributed by atoms with Crippen molar-refractivity contribution in [3.63, 3.8) is 0 Å². The molecular weight excluding hydrogens is 626 g/mol. The minimum absolute atomic E-state index is 0. The third-order valence-electron chi connectivity index (χ3n) is 6.34. The zero-order valence-electron chi connectivity index (χ0n) is 30.3. The topological polar surface area (TPSA) is 123 Å². The Hall–Kier alpha value is -4.09. The monoisotopic (exact) mass is 704 g/mol. The highest BCUT2D eigenvalue weighted by Crippen LogP contribution is 2.13. The van der Waals surface area contributed by atoms with E-state index in [1.807, 2.05) is 82.9 Å². The minimum Gasteiger partial charge on any atom is -0.357 e. The molecule has 12 nitrogen and oxygen atoms in total. The maximum atomic E-state index is 4.76. The van der Waals surface area contributed by atoms with Crippen LogP contribution in [0.1, 0.15) is 170 Å². The first-order valence-electron chi connectivity index (χ1n) is 15.6. The number of aromatic nitrogens is 11. The molecule has 0 N–H and O–H groups in total. The third kappa shape index (κ3) is 21.8. The van der Waals surface area contributed by atoms with E-state index in [0.29, 0.717) is 35.5 Å². The molecule has 0 fully saturated rings. The minimum atomic E-state index is 0. The van der Waals surface area contributed by atoms with Crippen LogP contribution in [-0.4, -0.2) is 54.5 Å². The maximum absolute atomic E-state index is 4.76. The molecule has 0 saturated carbocycles. The fourth-order valence-electron chi connectivity index (χ4n) is 3.42. The molecule has 5 aromatic heterocycles. The highest BCUT2D eigenvalue weighted by atomic mass is 16.5. The molecule has 0 atom stereocenters. The van der Waals surface area contributed by atoms with E-state index in [1.54, 1.807) is 14.0 Å². The van der Waals surface area contributed by atoms with Crippen LogP contribution in [0.2, 0.25) is 0 Å². The van der Waals surface area contributed by atoms with Gasteiger partial charge in [0.1, 0.15) is 0 Å². The van der Waals surface area contributed by atoms with Crippen molar-refractivity contribution in [1.82, 2.24) is 54.5 Å². The van der Waals surface area contributed by atoms with E-state index in [-0.39, 0.29) is 37.1 Å². The molecule has 0 aliphatic rings. The Balaban J connectivity index is -0.000000165. The lowest BCUT2D eigenvalue weighted by Gasteiger charge is -1.97. The van der Waals surface area contributed by atoms with Gasteiger partial charge in [0.25, 0.3) is 0 Å². The number of rotatable bonds is 5. The summed E-state index contributed by atoms with van der Waals surface area (Å²) in [7, 11) is 7.68. The van der Waals surface area contributed by atoms with Crippen molar-refractivity contribution in [2.24, 2.45) is 28.2 Å². The molecular formula is C38H77N11O. The summed E-state index contributed by atoms with van der Waals surface area (Å²) < 4.78 is 10.5. The molecule has 0 spiro atoms. The SMILES string of the molecule is C.C.C.C.C.CC(C)c1ccn(C)c1.CC(C)c1ccn(C)n1.CC(C)c1cnn(C)c1.CC(C)c1nnn(C)n1.Cc1nc(C(C)C)no1. The van der Waals surface area contributed by atoms with E-state index in [9.17, 15) is 0 Å². The zero-order valence-corrected chi connectivity index (χ0v) is 30.3. The summed E-state index contributed by atoms with van der Waals surface area (Å²) in [4.78, 5) is 5.50. The molecule has 0 bridgehead atoms. The van der Waals surface area contributed by atoms with Crippen LogP contribution in [0.3, 0.4) is 0 Å². The molecule has 0 unspecified atom stereocenters. The average Bonchev–Trinajstić information content (AvgIpc) is 3.78. The highest BCUT2D eigenvalue weighted by molar-refractivity contribution is 5.13. The quantitative estimate of drug-likeness (QED) is 0.177. The van der Waals surface area contributed by atoms with Crippen LogP contribution in [0.25, 0.3) is 0 Å². The largest absolute Gasteiger partial charge is 0.357 e. The summed E-state index contributed by atoms with van der Waals surface area (Å²) in [5.74, 6) is 4.76. The molecule has 0 radical (unpaired) electrons. The Morgan fingerprint density at radius 1 is 0.600 bits per heavy atom. The molecule has 5 rings (SSSR count). The normalized spacial score (nSPS) is 9.60. The molecule has 5 heterocycles. The van der Waals surface area contributed by atoms with Gasteiger partial charge in [-0.05, 0) is 46.2 Å². The van der Waals surface area contributed by atoms with Crippen molar-refractivity contribution in [2.75, 3.05) is 0 Å². The first-order valence-corrected chi connectivity index (χ1v) is 15.6. The molecule has 0 aliphatic carbocycles. The van der Waals surface area contributed by atoms with Gasteiger partial charge in [-0.15, -0.1) is 10.2 Å². The van der Waals surface area contributed by atoms with E-state index in [4.69, 9.17) is 4.52 Å². The van der Waals surface area contributed by atoms with Crippen LogP contribution in [0, 0.1) is 6.92 Å². The summed E-state index contributed by atoms with van der Waals surface area (Å²) in [6.07, 6.45) is 10.2. The van der Waals surface area contributed by atoms with Gasteiger partial charge in [0.15, 0.2) is 11.6 Å². The number of hydrogen-bond donors (Lipinski definition) is 0. The lowest BCUT2D eigenvalue weighted by atomic mass is 10.1. The van der Waals surface area contributed by atoms with E-state index < -0.39 is 0 Å². The van der Waals surface area contributed by atoms with Crippen molar-refractivity contribution >= 4 is 0 Å². The van der Waals surface area contributed by atoms with E-state index in [0.717, 1.165) is 17.3 Å². The second-order valence-electron chi connectivity index (χ2n) is 12.6. The van der Waals surface area contributed by atoms with Crippen LogP contribution >= 0.6 is 0 Å². The first-order chi connectivity index (χ1) is 21.0. The predicted molar refractivity (Wildman–Crippen MR) is 214 cm³/mol. The van der Waals surface area contributed by atoms with Gasteiger partial charge in [0.05, 0.1) is 18.9 Å². The summed E-state index contributed by atoms with van der Waals surface area (Å²) in [6, 6.07) is 4.20. The van der Waals surface area contributed by atoms with E-state index >= 15 is 0 Å². The molecule has 5 aromatic rings. The van der Waals surface area contributed by atoms with Crippen LogP contribution in [0.15, 0.2) is 47.6 Å². The fourth-order valence-corrected chi connectivity index (χ4v) is 3.42. The van der Waals surface area contributed by atoms with Gasteiger partial charge in [-0.1, -0.05) is 112 Å². The zero-order chi connectivity index (χ0) is 34.3. The molecule has 12 heteroatoms. The van der Waals surface area contributed by atoms with Crippen molar-refractivity contribution in [2.45, 2.75) is 143 Å². The van der Waals surface area contributed by atoms with Gasteiger partial charge in [-0.25, -0.2) is 0 Å². The van der Waals surface area contributed by atoms with Gasteiger partial charge >= 0.3 is 0 Å². The van der Waals surface area contributed by atoms with Gasteiger partial charge in [-0.2, -0.15) is 20.0 Å². The Labute approximate surface area is 307 Å². The van der Waals surface area contributed by atoms with Crippen molar-refractivity contribution in [1.29, 1.82) is 0 Å². The van der Waals surface area contributed by atoms with Crippen molar-refractivity contribution < 1.29 is 4.52 Å². The summed E-state index contributed by atoms with van der Waals surface area (Å²) in [6.45, 7) is 22.9. The molecule has 0 aromatic carbocycles. The Bertz CT molecular complexity index is 1210. The van der Waals surface area contributed by atoms with Crippen LogP contribution < -0.4 is 0 Å². The van der Waals surface area contributed by atoms with Crippen LogP contribution in [0.5, 0.6) is 0 Å².